The molecule has 1 aromatic carbocycles. The van der Waals surface area contributed by atoms with E-state index in [0.29, 0.717) is 0 Å². The van der Waals surface area contributed by atoms with Gasteiger partial charge in [-0.05, 0) is 68.6 Å². The summed E-state index contributed by atoms with van der Waals surface area (Å²) in [7, 11) is 0. The van der Waals surface area contributed by atoms with E-state index < -0.39 is 0 Å². The first kappa shape index (κ1) is 12.3. The third-order valence-corrected chi connectivity index (χ3v) is 3.82. The molecule has 0 N–H and O–H groups in total. The molecule has 0 aromatic heterocycles. The van der Waals surface area contributed by atoms with Crippen molar-refractivity contribution in [1.82, 2.24) is 0 Å². The van der Waals surface area contributed by atoms with Crippen LogP contribution >= 0.6 is 0 Å². The molecule has 2 rings (SSSR count). The van der Waals surface area contributed by atoms with Gasteiger partial charge in [0.15, 0.2) is 0 Å². The van der Waals surface area contributed by atoms with E-state index in [1.54, 1.807) is 0 Å². The van der Waals surface area contributed by atoms with Crippen molar-refractivity contribution in [2.75, 3.05) is 0 Å². The Morgan fingerprint density at radius 1 is 1.41 bits per heavy atom. The summed E-state index contributed by atoms with van der Waals surface area (Å²) in [5, 5.41) is 0. The molecule has 17 heavy (non-hydrogen) atoms. The number of benzene rings is 1. The van der Waals surface area contributed by atoms with Crippen molar-refractivity contribution in [3.8, 4) is 0 Å². The van der Waals surface area contributed by atoms with Crippen LogP contribution in [-0.4, -0.2) is 0 Å². The largest absolute Gasteiger partial charge is 0.206 e. The van der Waals surface area contributed by atoms with Gasteiger partial charge in [-0.25, -0.2) is 4.39 Å². The summed E-state index contributed by atoms with van der Waals surface area (Å²) in [6.45, 7) is 3.92. The molecular weight excluding hydrogens is 211 g/mol. The average molecular weight is 232 g/mol. The van der Waals surface area contributed by atoms with E-state index in [9.17, 15) is 4.39 Å². The average Bonchev–Trinajstić information content (AvgIpc) is 2.34. The normalized spacial score (nSPS) is 19.6. The quantitative estimate of drug-likeness (QED) is 0.668. The molecule has 0 saturated carbocycles. The molecule has 0 amide bonds. The predicted molar refractivity (Wildman–Crippen MR) is 70.7 cm³/mol. The van der Waals surface area contributed by atoms with Crippen LogP contribution in [0.25, 0.3) is 0 Å². The summed E-state index contributed by atoms with van der Waals surface area (Å²) in [6, 6.07) is 4.04. The lowest BCUT2D eigenvalue weighted by Crippen LogP contribution is -2.16. The molecule has 0 heterocycles. The summed E-state index contributed by atoms with van der Waals surface area (Å²) in [5.74, 6) is 0.773. The molecular formula is C16H21F. The lowest BCUT2D eigenvalue weighted by atomic mass is 9.81. The molecule has 0 radical (unpaired) electrons. The number of allylic oxidation sites excluding steroid dienone is 2. The molecule has 0 spiro atoms. The predicted octanol–water partition coefficient (Wildman–Crippen LogP) is 4.60. The molecule has 0 saturated heterocycles. The Morgan fingerprint density at radius 3 is 3.00 bits per heavy atom. The molecule has 1 aliphatic rings. The van der Waals surface area contributed by atoms with E-state index >= 15 is 0 Å². The molecule has 0 aliphatic heterocycles. The highest BCUT2D eigenvalue weighted by molar-refractivity contribution is 5.35. The van der Waals surface area contributed by atoms with Gasteiger partial charge in [-0.15, -0.1) is 0 Å². The lowest BCUT2D eigenvalue weighted by molar-refractivity contribution is 0.420. The van der Waals surface area contributed by atoms with Crippen LogP contribution in [0.4, 0.5) is 4.39 Å². The van der Waals surface area contributed by atoms with Crippen molar-refractivity contribution in [1.29, 1.82) is 0 Å². The molecule has 1 atom stereocenters. The van der Waals surface area contributed by atoms with Crippen LogP contribution in [-0.2, 0) is 12.8 Å². The monoisotopic (exact) mass is 232 g/mol. The Labute approximate surface area is 104 Å². The zero-order valence-electron chi connectivity index (χ0n) is 10.8. The van der Waals surface area contributed by atoms with Crippen molar-refractivity contribution in [2.24, 2.45) is 5.92 Å². The van der Waals surface area contributed by atoms with Gasteiger partial charge in [0.2, 0.25) is 0 Å². The third kappa shape index (κ3) is 2.77. The van der Waals surface area contributed by atoms with Crippen LogP contribution in [0.5, 0.6) is 0 Å². The third-order valence-electron chi connectivity index (χ3n) is 3.82. The minimum atomic E-state index is 0.0365. The maximum absolute atomic E-state index is 13.9. The SMILES string of the molecule is C/C=C/CCC1CCc2c(ccc(C)c2F)C1. The summed E-state index contributed by atoms with van der Waals surface area (Å²) in [5.41, 5.74) is 3.01. The Bertz CT molecular complexity index is 418. The van der Waals surface area contributed by atoms with Gasteiger partial charge in [0, 0.05) is 0 Å². The molecule has 0 fully saturated rings. The van der Waals surface area contributed by atoms with Crippen molar-refractivity contribution < 1.29 is 4.39 Å². The Kier molecular flexibility index (Phi) is 3.98. The molecule has 1 aromatic rings. The highest BCUT2D eigenvalue weighted by Crippen LogP contribution is 2.31. The minimum absolute atomic E-state index is 0.0365. The first-order valence-corrected chi connectivity index (χ1v) is 6.60. The summed E-state index contributed by atoms with van der Waals surface area (Å²) >= 11 is 0. The molecule has 92 valence electrons. The highest BCUT2D eigenvalue weighted by Gasteiger charge is 2.21. The summed E-state index contributed by atoms with van der Waals surface area (Å²) in [4.78, 5) is 0. The maximum atomic E-state index is 13.9. The van der Waals surface area contributed by atoms with Crippen molar-refractivity contribution in [2.45, 2.75) is 46.0 Å². The van der Waals surface area contributed by atoms with E-state index in [1.807, 2.05) is 13.0 Å². The second-order valence-electron chi connectivity index (χ2n) is 5.09. The molecule has 0 nitrogen and oxygen atoms in total. The van der Waals surface area contributed by atoms with Gasteiger partial charge in [0.05, 0.1) is 0 Å². The standard InChI is InChI=1S/C16H21F/c1-3-4-5-6-13-8-10-15-14(11-13)9-7-12(2)16(15)17/h3-4,7,9,13H,5-6,8,10-11H2,1-2H3/b4-3+. The van der Waals surface area contributed by atoms with Crippen LogP contribution in [0.1, 0.15) is 42.9 Å². The second kappa shape index (κ2) is 5.48. The van der Waals surface area contributed by atoms with Gasteiger partial charge >= 0.3 is 0 Å². The second-order valence-corrected chi connectivity index (χ2v) is 5.09. The Hall–Kier alpha value is -1.11. The van der Waals surface area contributed by atoms with Gasteiger partial charge in [0.25, 0.3) is 0 Å². The van der Waals surface area contributed by atoms with E-state index in [2.05, 4.69) is 25.1 Å². The molecule has 1 unspecified atom stereocenters. The number of rotatable bonds is 3. The van der Waals surface area contributed by atoms with E-state index in [1.165, 1.54) is 12.0 Å². The van der Waals surface area contributed by atoms with Crippen LogP contribution in [0.3, 0.4) is 0 Å². The topological polar surface area (TPSA) is 0 Å². The van der Waals surface area contributed by atoms with Crippen LogP contribution in [0.15, 0.2) is 24.3 Å². The van der Waals surface area contributed by atoms with Crippen LogP contribution in [0, 0.1) is 18.7 Å². The van der Waals surface area contributed by atoms with Crippen molar-refractivity contribution in [3.63, 3.8) is 0 Å². The Morgan fingerprint density at radius 2 is 2.24 bits per heavy atom. The van der Waals surface area contributed by atoms with E-state index in [4.69, 9.17) is 0 Å². The number of halogens is 1. The lowest BCUT2D eigenvalue weighted by Gasteiger charge is -2.25. The molecule has 1 aliphatic carbocycles. The van der Waals surface area contributed by atoms with E-state index in [0.717, 1.165) is 42.7 Å². The van der Waals surface area contributed by atoms with Gasteiger partial charge in [0.1, 0.15) is 5.82 Å². The Balaban J connectivity index is 2.07. The number of fused-ring (bicyclic) bond motifs is 1. The fourth-order valence-corrected chi connectivity index (χ4v) is 2.75. The minimum Gasteiger partial charge on any atom is -0.206 e. The fraction of sp³-hybridized carbons (Fsp3) is 0.500. The van der Waals surface area contributed by atoms with Gasteiger partial charge in [-0.1, -0.05) is 24.3 Å². The zero-order chi connectivity index (χ0) is 12.3. The fourth-order valence-electron chi connectivity index (χ4n) is 2.75. The molecule has 1 heteroatoms. The van der Waals surface area contributed by atoms with Gasteiger partial charge in [-0.2, -0.15) is 0 Å². The molecule has 0 bridgehead atoms. The van der Waals surface area contributed by atoms with Crippen molar-refractivity contribution in [3.05, 3.63) is 46.8 Å². The summed E-state index contributed by atoms with van der Waals surface area (Å²) < 4.78 is 13.9. The highest BCUT2D eigenvalue weighted by atomic mass is 19.1. The number of aryl methyl sites for hydroxylation is 1. The van der Waals surface area contributed by atoms with Crippen LogP contribution < -0.4 is 0 Å². The maximum Gasteiger partial charge on any atom is 0.129 e. The van der Waals surface area contributed by atoms with E-state index in [-0.39, 0.29) is 5.82 Å². The smallest absolute Gasteiger partial charge is 0.129 e. The zero-order valence-corrected chi connectivity index (χ0v) is 10.8. The summed E-state index contributed by atoms with van der Waals surface area (Å²) in [6.07, 6.45) is 9.85. The van der Waals surface area contributed by atoms with Crippen molar-refractivity contribution >= 4 is 0 Å². The van der Waals surface area contributed by atoms with Gasteiger partial charge < -0.3 is 0 Å². The first-order chi connectivity index (χ1) is 8.22. The van der Waals surface area contributed by atoms with Crippen LogP contribution in [0.2, 0.25) is 0 Å². The van der Waals surface area contributed by atoms with Gasteiger partial charge in [-0.3, -0.25) is 0 Å². The number of hydrogen-bond acceptors (Lipinski definition) is 0. The number of hydrogen-bond donors (Lipinski definition) is 0. The first-order valence-electron chi connectivity index (χ1n) is 6.60.